The van der Waals surface area contributed by atoms with Crippen LogP contribution in [0.2, 0.25) is 0 Å². The van der Waals surface area contributed by atoms with Gasteiger partial charge in [-0.2, -0.15) is 0 Å². The second-order valence-corrected chi connectivity index (χ2v) is 5.93. The van der Waals surface area contributed by atoms with E-state index in [4.69, 9.17) is 0 Å². The SMILES string of the molecule is CC1CCCC(CNC2(C)CCC2)C1. The first-order valence-electron chi connectivity index (χ1n) is 6.43. The molecule has 2 unspecified atom stereocenters. The van der Waals surface area contributed by atoms with Gasteiger partial charge in [-0.15, -0.1) is 0 Å². The van der Waals surface area contributed by atoms with Crippen LogP contribution in [0.3, 0.4) is 0 Å². The molecule has 0 spiro atoms. The van der Waals surface area contributed by atoms with Crippen molar-refractivity contribution < 1.29 is 0 Å². The zero-order valence-electron chi connectivity index (χ0n) is 9.81. The number of hydrogen-bond donors (Lipinski definition) is 1. The van der Waals surface area contributed by atoms with Crippen LogP contribution in [0.25, 0.3) is 0 Å². The van der Waals surface area contributed by atoms with E-state index in [-0.39, 0.29) is 0 Å². The lowest BCUT2D eigenvalue weighted by molar-refractivity contribution is 0.178. The van der Waals surface area contributed by atoms with E-state index in [0.717, 1.165) is 11.8 Å². The first kappa shape index (κ1) is 10.5. The smallest absolute Gasteiger partial charge is 0.0153 e. The maximum atomic E-state index is 3.79. The fourth-order valence-electron chi connectivity index (χ4n) is 3.02. The first-order chi connectivity index (χ1) is 6.68. The molecule has 1 heteroatoms. The summed E-state index contributed by atoms with van der Waals surface area (Å²) in [6.07, 6.45) is 10.1. The molecule has 2 fully saturated rings. The Hall–Kier alpha value is -0.0400. The van der Waals surface area contributed by atoms with Gasteiger partial charge in [0.1, 0.15) is 0 Å². The van der Waals surface area contributed by atoms with E-state index in [1.807, 2.05) is 0 Å². The summed E-state index contributed by atoms with van der Waals surface area (Å²) in [4.78, 5) is 0. The lowest BCUT2D eigenvalue weighted by Gasteiger charge is -2.41. The Labute approximate surface area is 88.7 Å². The average Bonchev–Trinajstić information content (AvgIpc) is 2.12. The molecule has 1 nitrogen and oxygen atoms in total. The maximum Gasteiger partial charge on any atom is 0.0153 e. The zero-order chi connectivity index (χ0) is 10.0. The van der Waals surface area contributed by atoms with Gasteiger partial charge in [0, 0.05) is 5.54 Å². The molecule has 14 heavy (non-hydrogen) atoms. The summed E-state index contributed by atoms with van der Waals surface area (Å²) in [6.45, 7) is 6.08. The maximum absolute atomic E-state index is 3.79. The van der Waals surface area contributed by atoms with Crippen LogP contribution in [-0.4, -0.2) is 12.1 Å². The topological polar surface area (TPSA) is 12.0 Å². The lowest BCUT2D eigenvalue weighted by atomic mass is 9.77. The predicted molar refractivity (Wildman–Crippen MR) is 61.4 cm³/mol. The zero-order valence-corrected chi connectivity index (χ0v) is 9.81. The van der Waals surface area contributed by atoms with Crippen molar-refractivity contribution >= 4 is 0 Å². The number of rotatable bonds is 3. The lowest BCUT2D eigenvalue weighted by Crippen LogP contribution is -2.50. The van der Waals surface area contributed by atoms with Crippen molar-refractivity contribution in [3.8, 4) is 0 Å². The molecule has 2 aliphatic rings. The molecule has 0 aromatic heterocycles. The van der Waals surface area contributed by atoms with Crippen molar-refractivity contribution in [2.24, 2.45) is 11.8 Å². The van der Waals surface area contributed by atoms with Crippen LogP contribution in [0, 0.1) is 11.8 Å². The minimum Gasteiger partial charge on any atom is -0.311 e. The van der Waals surface area contributed by atoms with Crippen LogP contribution in [0.15, 0.2) is 0 Å². The van der Waals surface area contributed by atoms with Crippen LogP contribution in [0.1, 0.15) is 58.8 Å². The minimum atomic E-state index is 0.515. The van der Waals surface area contributed by atoms with Gasteiger partial charge < -0.3 is 5.32 Å². The third-order valence-electron chi connectivity index (χ3n) is 4.32. The summed E-state index contributed by atoms with van der Waals surface area (Å²) >= 11 is 0. The second-order valence-electron chi connectivity index (χ2n) is 5.93. The highest BCUT2D eigenvalue weighted by Gasteiger charge is 2.31. The van der Waals surface area contributed by atoms with Gasteiger partial charge in [0.25, 0.3) is 0 Å². The molecule has 0 aliphatic heterocycles. The molecule has 0 amide bonds. The van der Waals surface area contributed by atoms with E-state index in [2.05, 4.69) is 19.2 Å². The molecule has 0 saturated heterocycles. The highest BCUT2D eigenvalue weighted by Crippen LogP contribution is 2.33. The van der Waals surface area contributed by atoms with Crippen molar-refractivity contribution in [2.75, 3.05) is 6.54 Å². The fraction of sp³-hybridized carbons (Fsp3) is 1.00. The predicted octanol–water partition coefficient (Wildman–Crippen LogP) is 3.34. The summed E-state index contributed by atoms with van der Waals surface area (Å²) in [5.74, 6) is 1.95. The van der Waals surface area contributed by atoms with Crippen LogP contribution >= 0.6 is 0 Å². The summed E-state index contributed by atoms with van der Waals surface area (Å²) in [5, 5.41) is 3.79. The molecule has 2 atom stereocenters. The van der Waals surface area contributed by atoms with E-state index >= 15 is 0 Å². The monoisotopic (exact) mass is 195 g/mol. The molecule has 2 aliphatic carbocycles. The van der Waals surface area contributed by atoms with Gasteiger partial charge in [-0.3, -0.25) is 0 Å². The van der Waals surface area contributed by atoms with Gasteiger partial charge in [-0.25, -0.2) is 0 Å². The van der Waals surface area contributed by atoms with Crippen molar-refractivity contribution in [2.45, 2.75) is 64.3 Å². The van der Waals surface area contributed by atoms with Crippen LogP contribution < -0.4 is 5.32 Å². The van der Waals surface area contributed by atoms with E-state index in [9.17, 15) is 0 Å². The highest BCUT2D eigenvalue weighted by atomic mass is 15.0. The molecule has 0 bridgehead atoms. The molecule has 0 aromatic carbocycles. The Kier molecular flexibility index (Phi) is 3.16. The molecule has 2 rings (SSSR count). The quantitative estimate of drug-likeness (QED) is 0.728. The van der Waals surface area contributed by atoms with Crippen molar-refractivity contribution in [1.29, 1.82) is 0 Å². The van der Waals surface area contributed by atoms with Gasteiger partial charge in [-0.1, -0.05) is 19.8 Å². The Balaban J connectivity index is 1.69. The summed E-state index contributed by atoms with van der Waals surface area (Å²) in [6, 6.07) is 0. The van der Waals surface area contributed by atoms with E-state index in [0.29, 0.717) is 5.54 Å². The van der Waals surface area contributed by atoms with Crippen LogP contribution in [0.5, 0.6) is 0 Å². The van der Waals surface area contributed by atoms with E-state index in [1.165, 1.54) is 51.5 Å². The second kappa shape index (κ2) is 4.22. The van der Waals surface area contributed by atoms with Crippen LogP contribution in [-0.2, 0) is 0 Å². The molecule has 0 radical (unpaired) electrons. The standard InChI is InChI=1S/C13H25N/c1-11-5-3-6-12(9-11)10-14-13(2)7-4-8-13/h11-12,14H,3-10H2,1-2H3. The summed E-state index contributed by atoms with van der Waals surface area (Å²) in [7, 11) is 0. The summed E-state index contributed by atoms with van der Waals surface area (Å²) in [5.41, 5.74) is 0.515. The molecular formula is C13H25N. The van der Waals surface area contributed by atoms with Gasteiger partial charge in [0.2, 0.25) is 0 Å². The molecular weight excluding hydrogens is 170 g/mol. The van der Waals surface area contributed by atoms with Crippen molar-refractivity contribution in [1.82, 2.24) is 5.32 Å². The number of nitrogens with one attached hydrogen (secondary N) is 1. The molecule has 1 N–H and O–H groups in total. The third-order valence-corrected chi connectivity index (χ3v) is 4.32. The largest absolute Gasteiger partial charge is 0.311 e. The normalized spacial score (nSPS) is 36.4. The molecule has 2 saturated carbocycles. The van der Waals surface area contributed by atoms with Crippen LogP contribution in [0.4, 0.5) is 0 Å². The van der Waals surface area contributed by atoms with Gasteiger partial charge in [0.05, 0.1) is 0 Å². The molecule has 82 valence electrons. The molecule has 0 aromatic rings. The highest BCUT2D eigenvalue weighted by molar-refractivity contribution is 4.92. The Morgan fingerprint density at radius 1 is 1.21 bits per heavy atom. The summed E-state index contributed by atoms with van der Waals surface area (Å²) < 4.78 is 0. The Morgan fingerprint density at radius 2 is 2.00 bits per heavy atom. The minimum absolute atomic E-state index is 0.515. The van der Waals surface area contributed by atoms with Gasteiger partial charge in [-0.05, 0) is 57.4 Å². The van der Waals surface area contributed by atoms with Gasteiger partial charge >= 0.3 is 0 Å². The van der Waals surface area contributed by atoms with Gasteiger partial charge in [0.15, 0.2) is 0 Å². The fourth-order valence-corrected chi connectivity index (χ4v) is 3.02. The first-order valence-corrected chi connectivity index (χ1v) is 6.43. The van der Waals surface area contributed by atoms with E-state index < -0.39 is 0 Å². The third kappa shape index (κ3) is 2.50. The average molecular weight is 195 g/mol. The Bertz CT molecular complexity index is 184. The van der Waals surface area contributed by atoms with E-state index in [1.54, 1.807) is 0 Å². The van der Waals surface area contributed by atoms with Crippen molar-refractivity contribution in [3.63, 3.8) is 0 Å². The molecule has 0 heterocycles. The van der Waals surface area contributed by atoms with Crippen molar-refractivity contribution in [3.05, 3.63) is 0 Å². The number of hydrogen-bond acceptors (Lipinski definition) is 1. The Morgan fingerprint density at radius 3 is 2.57 bits per heavy atom.